The Bertz CT molecular complexity index is 615. The monoisotopic (exact) mass is 389 g/mol. The van der Waals surface area contributed by atoms with Gasteiger partial charge in [-0.3, -0.25) is 9.79 Å². The predicted molar refractivity (Wildman–Crippen MR) is 112 cm³/mol. The molecule has 0 atom stereocenters. The second-order valence-corrected chi connectivity index (χ2v) is 7.66. The lowest BCUT2D eigenvalue weighted by Gasteiger charge is -2.36. The maximum absolute atomic E-state index is 12.4. The van der Waals surface area contributed by atoms with Gasteiger partial charge in [-0.05, 0) is 63.9 Å². The van der Waals surface area contributed by atoms with Crippen LogP contribution in [0.5, 0.6) is 0 Å². The van der Waals surface area contributed by atoms with Gasteiger partial charge in [0.05, 0.1) is 6.26 Å². The number of guanidine groups is 1. The van der Waals surface area contributed by atoms with Crippen molar-refractivity contribution in [3.63, 3.8) is 0 Å². The predicted octanol–water partition coefficient (Wildman–Crippen LogP) is 2.12. The maximum atomic E-state index is 12.4. The van der Waals surface area contributed by atoms with E-state index in [9.17, 15) is 4.79 Å². The summed E-state index contributed by atoms with van der Waals surface area (Å²) in [6.07, 6.45) is 5.32. The summed E-state index contributed by atoms with van der Waals surface area (Å²) in [5, 5.41) is 3.42. The summed E-state index contributed by atoms with van der Waals surface area (Å²) < 4.78 is 5.24. The van der Waals surface area contributed by atoms with Crippen molar-refractivity contribution in [1.29, 1.82) is 0 Å². The number of rotatable bonds is 6. The number of nitrogens with one attached hydrogen (secondary N) is 1. The molecule has 0 aromatic carbocycles. The number of piperazine rings is 1. The molecule has 3 heterocycles. The molecule has 0 radical (unpaired) electrons. The van der Waals surface area contributed by atoms with Crippen LogP contribution >= 0.6 is 0 Å². The molecule has 2 aliphatic rings. The minimum Gasteiger partial charge on any atom is -0.459 e. The molecule has 0 unspecified atom stereocenters. The lowest BCUT2D eigenvalue weighted by Crippen LogP contribution is -2.53. The molecule has 1 amide bonds. The van der Waals surface area contributed by atoms with Crippen molar-refractivity contribution in [2.24, 2.45) is 10.9 Å². The Balaban J connectivity index is 1.46. The highest BCUT2D eigenvalue weighted by Gasteiger charge is 2.25. The molecule has 28 heavy (non-hydrogen) atoms. The van der Waals surface area contributed by atoms with Gasteiger partial charge in [-0.2, -0.15) is 0 Å². The minimum absolute atomic E-state index is 0.0231. The molecule has 1 aromatic heterocycles. The highest BCUT2D eigenvalue weighted by atomic mass is 16.3. The van der Waals surface area contributed by atoms with Crippen LogP contribution in [0.1, 0.15) is 43.7 Å². The first-order valence-corrected chi connectivity index (χ1v) is 10.8. The third kappa shape index (κ3) is 5.50. The molecular formula is C21H35N5O2. The van der Waals surface area contributed by atoms with Crippen LogP contribution in [0.2, 0.25) is 0 Å². The van der Waals surface area contributed by atoms with Gasteiger partial charge in [0.25, 0.3) is 5.91 Å². The second-order valence-electron chi connectivity index (χ2n) is 7.66. The third-order valence-electron chi connectivity index (χ3n) is 5.89. The number of likely N-dealkylation sites (tertiary alicyclic amines) is 1. The molecule has 1 aromatic rings. The summed E-state index contributed by atoms with van der Waals surface area (Å²) in [5.41, 5.74) is 0. The van der Waals surface area contributed by atoms with Gasteiger partial charge in [-0.25, -0.2) is 0 Å². The Kier molecular flexibility index (Phi) is 7.77. The SMILES string of the molecule is CCNC(=NCCC1CCN(CC)CC1)N1CCN(C(=O)c2ccco2)CC1. The van der Waals surface area contributed by atoms with Crippen LogP contribution in [-0.2, 0) is 0 Å². The van der Waals surface area contributed by atoms with Crippen molar-refractivity contribution >= 4 is 11.9 Å². The lowest BCUT2D eigenvalue weighted by atomic mass is 9.94. The number of furan rings is 1. The largest absolute Gasteiger partial charge is 0.459 e. The molecule has 0 saturated carbocycles. The molecule has 2 aliphatic heterocycles. The van der Waals surface area contributed by atoms with E-state index >= 15 is 0 Å². The number of hydrogen-bond donors (Lipinski definition) is 1. The Morgan fingerprint density at radius 3 is 2.46 bits per heavy atom. The molecule has 7 heteroatoms. The van der Waals surface area contributed by atoms with Crippen molar-refractivity contribution in [2.45, 2.75) is 33.1 Å². The van der Waals surface area contributed by atoms with E-state index in [0.29, 0.717) is 18.8 Å². The number of aliphatic imine (C=N–C) groups is 1. The second kappa shape index (κ2) is 10.5. The van der Waals surface area contributed by atoms with Gasteiger partial charge in [0.2, 0.25) is 0 Å². The van der Waals surface area contributed by atoms with Gasteiger partial charge >= 0.3 is 0 Å². The Morgan fingerprint density at radius 1 is 1.14 bits per heavy atom. The van der Waals surface area contributed by atoms with Crippen LogP contribution in [0.3, 0.4) is 0 Å². The Hall–Kier alpha value is -2.02. The normalized spacial score (nSPS) is 19.9. The summed E-state index contributed by atoms with van der Waals surface area (Å²) in [6.45, 7) is 12.7. The molecule has 2 fully saturated rings. The van der Waals surface area contributed by atoms with Crippen LogP contribution in [-0.4, -0.2) is 85.5 Å². The Morgan fingerprint density at radius 2 is 1.86 bits per heavy atom. The van der Waals surface area contributed by atoms with E-state index in [2.05, 4.69) is 29.0 Å². The summed E-state index contributed by atoms with van der Waals surface area (Å²) >= 11 is 0. The van der Waals surface area contributed by atoms with E-state index in [0.717, 1.165) is 38.1 Å². The van der Waals surface area contributed by atoms with Crippen LogP contribution in [0.25, 0.3) is 0 Å². The molecule has 0 aliphatic carbocycles. The molecule has 0 spiro atoms. The van der Waals surface area contributed by atoms with Gasteiger partial charge in [-0.1, -0.05) is 6.92 Å². The van der Waals surface area contributed by atoms with Gasteiger partial charge in [0.1, 0.15) is 0 Å². The fourth-order valence-corrected chi connectivity index (χ4v) is 4.05. The van der Waals surface area contributed by atoms with Crippen LogP contribution in [0, 0.1) is 5.92 Å². The fourth-order valence-electron chi connectivity index (χ4n) is 4.05. The number of nitrogens with zero attached hydrogens (tertiary/aromatic N) is 4. The first kappa shape index (κ1) is 20.7. The van der Waals surface area contributed by atoms with E-state index < -0.39 is 0 Å². The quantitative estimate of drug-likeness (QED) is 0.596. The lowest BCUT2D eigenvalue weighted by molar-refractivity contribution is 0.0657. The molecular weight excluding hydrogens is 354 g/mol. The molecule has 3 rings (SSSR count). The average molecular weight is 390 g/mol. The molecule has 0 bridgehead atoms. The van der Waals surface area contributed by atoms with Gasteiger partial charge < -0.3 is 24.4 Å². The van der Waals surface area contributed by atoms with Gasteiger partial charge in [-0.15, -0.1) is 0 Å². The van der Waals surface area contributed by atoms with Crippen molar-refractivity contribution in [1.82, 2.24) is 20.0 Å². The maximum Gasteiger partial charge on any atom is 0.289 e. The highest BCUT2D eigenvalue weighted by Crippen LogP contribution is 2.20. The number of hydrogen-bond acceptors (Lipinski definition) is 4. The Labute approximate surface area is 168 Å². The highest BCUT2D eigenvalue weighted by molar-refractivity contribution is 5.91. The zero-order valence-corrected chi connectivity index (χ0v) is 17.4. The van der Waals surface area contributed by atoms with Crippen molar-refractivity contribution in [3.05, 3.63) is 24.2 Å². The van der Waals surface area contributed by atoms with E-state index in [1.54, 1.807) is 18.4 Å². The number of amides is 1. The van der Waals surface area contributed by atoms with Gasteiger partial charge in [0.15, 0.2) is 11.7 Å². The standard InChI is InChI=1S/C21H35N5O2/c1-3-22-21(23-10-7-18-8-11-24(4-2)12-9-18)26-15-13-25(14-16-26)20(27)19-6-5-17-28-19/h5-6,17-18H,3-4,7-16H2,1-2H3,(H,22,23). The van der Waals surface area contributed by atoms with Crippen LogP contribution < -0.4 is 5.32 Å². The minimum atomic E-state index is -0.0231. The van der Waals surface area contributed by atoms with Gasteiger partial charge in [0, 0.05) is 39.3 Å². The number of carbonyl (C=O) groups is 1. The van der Waals surface area contributed by atoms with E-state index in [4.69, 9.17) is 9.41 Å². The summed E-state index contributed by atoms with van der Waals surface area (Å²) in [5.74, 6) is 2.18. The van der Waals surface area contributed by atoms with Crippen molar-refractivity contribution < 1.29 is 9.21 Å². The first-order chi connectivity index (χ1) is 13.7. The summed E-state index contributed by atoms with van der Waals surface area (Å²) in [7, 11) is 0. The zero-order valence-electron chi connectivity index (χ0n) is 17.4. The summed E-state index contributed by atoms with van der Waals surface area (Å²) in [4.78, 5) is 24.0. The van der Waals surface area contributed by atoms with Crippen molar-refractivity contribution in [2.75, 3.05) is 58.9 Å². The average Bonchev–Trinajstić information content (AvgIpc) is 3.28. The van der Waals surface area contributed by atoms with E-state index in [1.807, 2.05) is 4.90 Å². The number of carbonyl (C=O) groups excluding carboxylic acids is 1. The fraction of sp³-hybridized carbons (Fsp3) is 0.714. The molecule has 1 N–H and O–H groups in total. The van der Waals surface area contributed by atoms with Crippen LogP contribution in [0.15, 0.2) is 27.8 Å². The van der Waals surface area contributed by atoms with Crippen molar-refractivity contribution in [3.8, 4) is 0 Å². The zero-order chi connectivity index (χ0) is 19.8. The molecule has 2 saturated heterocycles. The summed E-state index contributed by atoms with van der Waals surface area (Å²) in [6, 6.07) is 3.48. The number of piperidine rings is 1. The third-order valence-corrected chi connectivity index (χ3v) is 5.89. The first-order valence-electron chi connectivity index (χ1n) is 10.8. The smallest absolute Gasteiger partial charge is 0.289 e. The molecule has 156 valence electrons. The topological polar surface area (TPSA) is 64.3 Å². The van der Waals surface area contributed by atoms with E-state index in [-0.39, 0.29) is 5.91 Å². The molecule has 7 nitrogen and oxygen atoms in total. The van der Waals surface area contributed by atoms with Crippen LogP contribution in [0.4, 0.5) is 0 Å². The van der Waals surface area contributed by atoms with E-state index in [1.165, 1.54) is 38.9 Å².